The molecule has 396 valence electrons. The van der Waals surface area contributed by atoms with Gasteiger partial charge in [0.05, 0.1) is 73.2 Å². The number of aromatic nitrogens is 4. The van der Waals surface area contributed by atoms with Gasteiger partial charge in [0.2, 0.25) is 17.7 Å². The highest BCUT2D eigenvalue weighted by Gasteiger charge is 2.45. The molecule has 5 atom stereocenters. The van der Waals surface area contributed by atoms with E-state index in [1.54, 1.807) is 23.5 Å². The summed E-state index contributed by atoms with van der Waals surface area (Å²) >= 11 is 1.57. The number of phenolic OH excluding ortho intramolecular Hbond substituents is 1. The minimum atomic E-state index is -0.962. The molecule has 8 rings (SSSR count). The quantitative estimate of drug-likeness (QED) is 0.0516. The Hall–Kier alpha value is -6.29. The van der Waals surface area contributed by atoms with Gasteiger partial charge in [-0.1, -0.05) is 57.2 Å². The molecular weight excluding hydrogens is 965 g/mol. The molecule has 2 aromatic carbocycles. The molecule has 0 saturated carbocycles. The standard InChI is InChI=1S/C54H70N10O9S/c1-35-49(74-34-58-35)37-13-11-36(12-14-37)29-57-52(68)46-27-42(65)32-63(46)53(69)50(54(2,3)4)59-48(67)33-73-25-24-72-23-22-71-21-20-70-19-7-8-38-26-39(17-18-56-38)64-40-15-16-41(64)31-62(30-40)45-28-44(60-61-51(45)55)43-9-5-6-10-47(43)66/h5-6,9-14,17-18,26,28,34,40-42,46,50,65-66H,7-8,15-16,19-25,27,29-33H2,1-4H3,(H2,55,61)(H,57,68)(H,59,67)/t40?,41?,42-,46+,50-/m1/s1. The third kappa shape index (κ3) is 13.9. The van der Waals surface area contributed by atoms with E-state index < -0.39 is 35.4 Å². The van der Waals surface area contributed by atoms with Crippen molar-refractivity contribution in [3.63, 3.8) is 0 Å². The maximum absolute atomic E-state index is 14.0. The second-order valence-electron chi connectivity index (χ2n) is 20.2. The number of piperazine rings is 1. The number of thiazole rings is 1. The van der Waals surface area contributed by atoms with Crippen LogP contribution in [-0.2, 0) is 46.3 Å². The van der Waals surface area contributed by atoms with Gasteiger partial charge in [-0.05, 0) is 79.5 Å². The summed E-state index contributed by atoms with van der Waals surface area (Å²) in [7, 11) is 0. The number of ether oxygens (including phenoxy) is 4. The number of aryl methyl sites for hydroxylation is 2. The summed E-state index contributed by atoms with van der Waals surface area (Å²) in [6, 6.07) is 20.0. The van der Waals surface area contributed by atoms with E-state index in [1.165, 1.54) is 10.6 Å². The summed E-state index contributed by atoms with van der Waals surface area (Å²) in [6.45, 7) is 11.7. The first-order chi connectivity index (χ1) is 35.7. The zero-order valence-electron chi connectivity index (χ0n) is 42.8. The molecule has 20 heteroatoms. The number of anilines is 3. The Kier molecular flexibility index (Phi) is 18.5. The van der Waals surface area contributed by atoms with Crippen LogP contribution in [0, 0.1) is 12.3 Å². The summed E-state index contributed by atoms with van der Waals surface area (Å²) in [5, 5.41) is 35.2. The molecule has 19 nitrogen and oxygen atoms in total. The molecule has 3 aliphatic heterocycles. The van der Waals surface area contributed by atoms with Crippen LogP contribution in [-0.4, -0.2) is 156 Å². The Bertz CT molecular complexity index is 2650. The van der Waals surface area contributed by atoms with Gasteiger partial charge < -0.3 is 60.2 Å². The number of pyridine rings is 1. The van der Waals surface area contributed by atoms with Gasteiger partial charge in [-0.15, -0.1) is 21.5 Å². The molecule has 2 unspecified atom stereocenters. The average Bonchev–Trinajstić information content (AvgIpc) is 4.08. The number of nitrogen functional groups attached to an aromatic ring is 1. The van der Waals surface area contributed by atoms with Crippen LogP contribution in [0.5, 0.6) is 5.75 Å². The smallest absolute Gasteiger partial charge is 0.246 e. The lowest BCUT2D eigenvalue weighted by atomic mass is 9.85. The van der Waals surface area contributed by atoms with Crippen LogP contribution in [0.1, 0.15) is 63.4 Å². The van der Waals surface area contributed by atoms with Gasteiger partial charge in [0, 0.05) is 74.4 Å². The fraction of sp³-hybridized carbons (Fsp3) is 0.500. The summed E-state index contributed by atoms with van der Waals surface area (Å²) in [5.41, 5.74) is 14.6. The molecule has 5 aromatic rings. The molecule has 3 fully saturated rings. The van der Waals surface area contributed by atoms with Crippen LogP contribution in [0.4, 0.5) is 17.2 Å². The van der Waals surface area contributed by atoms with Crippen LogP contribution in [0.25, 0.3) is 21.7 Å². The predicted octanol–water partition coefficient (Wildman–Crippen LogP) is 4.92. The normalized spacial score (nSPS) is 19.0. The maximum atomic E-state index is 14.0. The Morgan fingerprint density at radius 1 is 0.865 bits per heavy atom. The number of hydrogen-bond donors (Lipinski definition) is 5. The Morgan fingerprint density at radius 3 is 2.23 bits per heavy atom. The Balaban J connectivity index is 0.667. The van der Waals surface area contributed by atoms with Gasteiger partial charge in [0.25, 0.3) is 0 Å². The van der Waals surface area contributed by atoms with Crippen molar-refractivity contribution in [2.24, 2.45) is 5.41 Å². The van der Waals surface area contributed by atoms with E-state index >= 15 is 0 Å². The van der Waals surface area contributed by atoms with Crippen molar-refractivity contribution >= 4 is 46.3 Å². The third-order valence-corrected chi connectivity index (χ3v) is 14.7. The number of nitrogens with one attached hydrogen (secondary N) is 2. The molecule has 0 radical (unpaired) electrons. The number of aliphatic hydroxyl groups is 1. The number of hydrogen-bond acceptors (Lipinski definition) is 17. The minimum Gasteiger partial charge on any atom is -0.507 e. The van der Waals surface area contributed by atoms with Crippen molar-refractivity contribution < 1.29 is 43.5 Å². The number of nitrogens with two attached hydrogens (primary N) is 1. The van der Waals surface area contributed by atoms with E-state index in [-0.39, 0.29) is 51.0 Å². The number of nitrogens with zero attached hydrogens (tertiary/aromatic N) is 7. The maximum Gasteiger partial charge on any atom is 0.246 e. The van der Waals surface area contributed by atoms with Gasteiger partial charge >= 0.3 is 0 Å². The summed E-state index contributed by atoms with van der Waals surface area (Å²) in [4.78, 5) is 56.7. The summed E-state index contributed by atoms with van der Waals surface area (Å²) in [6.07, 6.45) is 4.90. The number of carbonyl (C=O) groups excluding carboxylic acids is 3. The largest absolute Gasteiger partial charge is 0.507 e. The zero-order chi connectivity index (χ0) is 52.2. The molecule has 0 spiro atoms. The topological polar surface area (TPSA) is 240 Å². The number of benzene rings is 2. The van der Waals surface area contributed by atoms with Crippen molar-refractivity contribution in [2.45, 2.75) is 96.6 Å². The number of para-hydroxylation sites is 1. The van der Waals surface area contributed by atoms with Crippen LogP contribution < -0.4 is 26.2 Å². The monoisotopic (exact) mass is 1030 g/mol. The van der Waals surface area contributed by atoms with E-state index in [0.29, 0.717) is 62.2 Å². The summed E-state index contributed by atoms with van der Waals surface area (Å²) < 4.78 is 22.7. The molecular formula is C54H70N10O9S. The second-order valence-corrected chi connectivity index (χ2v) is 21.0. The van der Waals surface area contributed by atoms with Gasteiger partial charge in [-0.2, -0.15) is 0 Å². The van der Waals surface area contributed by atoms with Crippen molar-refractivity contribution in [1.29, 1.82) is 0 Å². The lowest BCUT2D eigenvalue weighted by Gasteiger charge is -2.43. The van der Waals surface area contributed by atoms with Gasteiger partial charge in [0.15, 0.2) is 5.82 Å². The van der Waals surface area contributed by atoms with E-state index in [1.807, 2.05) is 81.9 Å². The summed E-state index contributed by atoms with van der Waals surface area (Å²) in [5.74, 6) is -0.750. The number of amides is 3. The highest BCUT2D eigenvalue weighted by atomic mass is 32.1. The number of phenols is 1. The molecule has 2 bridgehead atoms. The minimum absolute atomic E-state index is 0.0144. The number of likely N-dealkylation sites (tertiary alicyclic amines) is 1. The molecule has 3 saturated heterocycles. The first-order valence-electron chi connectivity index (χ1n) is 25.5. The number of β-amino-alcohol motifs (C(OH)–C–C–N with tert-alkyl or cyclic N) is 1. The molecule has 3 aliphatic rings. The second kappa shape index (κ2) is 25.3. The van der Waals surface area contributed by atoms with E-state index in [9.17, 15) is 24.6 Å². The SMILES string of the molecule is Cc1ncsc1-c1ccc(CNC(=O)[C@@H]2C[C@@H](O)CN2C(=O)[C@@H](NC(=O)COCCOCCOCCOCCCc2cc(N3C4CCC3CN(c3cc(-c5ccccc5O)nnc3N)C4)ccn2)C(C)(C)C)cc1. The van der Waals surface area contributed by atoms with Crippen molar-refractivity contribution in [3.05, 3.63) is 95.4 Å². The van der Waals surface area contributed by atoms with Crippen LogP contribution in [0.3, 0.4) is 0 Å². The Labute approximate surface area is 436 Å². The van der Waals surface area contributed by atoms with Crippen molar-refractivity contribution in [3.8, 4) is 27.4 Å². The fourth-order valence-electron chi connectivity index (χ4n) is 9.91. The van der Waals surface area contributed by atoms with Crippen LogP contribution >= 0.6 is 11.3 Å². The molecule has 0 aliphatic carbocycles. The molecule has 6 N–H and O–H groups in total. The Morgan fingerprint density at radius 2 is 1.55 bits per heavy atom. The number of aliphatic hydroxyl groups excluding tert-OH is 1. The van der Waals surface area contributed by atoms with Gasteiger partial charge in [-0.3, -0.25) is 19.4 Å². The average molecular weight is 1040 g/mol. The molecule has 3 aromatic heterocycles. The number of aromatic hydroxyl groups is 1. The molecule has 74 heavy (non-hydrogen) atoms. The zero-order valence-corrected chi connectivity index (χ0v) is 43.6. The predicted molar refractivity (Wildman–Crippen MR) is 283 cm³/mol. The lowest BCUT2D eigenvalue weighted by molar-refractivity contribution is -0.144. The van der Waals surface area contributed by atoms with Gasteiger partial charge in [0.1, 0.15) is 24.4 Å². The first-order valence-corrected chi connectivity index (χ1v) is 26.4. The van der Waals surface area contributed by atoms with E-state index in [0.717, 1.165) is 71.9 Å². The van der Waals surface area contributed by atoms with Gasteiger partial charge in [-0.25, -0.2) is 4.98 Å². The van der Waals surface area contributed by atoms with Crippen molar-refractivity contribution in [2.75, 3.05) is 88.0 Å². The lowest BCUT2D eigenvalue weighted by Crippen LogP contribution is -2.58. The third-order valence-electron chi connectivity index (χ3n) is 13.7. The van der Waals surface area contributed by atoms with Crippen molar-refractivity contribution in [1.82, 2.24) is 35.7 Å². The van der Waals surface area contributed by atoms with Crippen LogP contribution in [0.2, 0.25) is 0 Å². The highest BCUT2D eigenvalue weighted by Crippen LogP contribution is 2.39. The molecule has 6 heterocycles. The fourth-order valence-corrected chi connectivity index (χ4v) is 10.7. The number of fused-ring (bicyclic) bond motifs is 2. The molecule has 3 amide bonds. The first kappa shape index (κ1) is 54.0. The van der Waals surface area contributed by atoms with Crippen LogP contribution in [0.15, 0.2) is 78.4 Å². The van der Waals surface area contributed by atoms with E-state index in [2.05, 4.69) is 52.7 Å². The number of carbonyl (C=O) groups is 3. The number of rotatable bonds is 24. The highest BCUT2D eigenvalue weighted by molar-refractivity contribution is 7.13. The van der Waals surface area contributed by atoms with E-state index in [4.69, 9.17) is 24.7 Å².